The molecule has 0 saturated heterocycles. The van der Waals surface area contributed by atoms with Crippen LogP contribution in [-0.4, -0.2) is 9.12 Å². The van der Waals surface area contributed by atoms with Crippen molar-refractivity contribution in [3.8, 4) is 0 Å². The van der Waals surface area contributed by atoms with Crippen LogP contribution in [0, 0.1) is 10.1 Å². The molecule has 0 saturated carbocycles. The summed E-state index contributed by atoms with van der Waals surface area (Å²) in [7, 11) is 0. The second-order valence-corrected chi connectivity index (χ2v) is 3.27. The maximum Gasteiger partial charge on any atom is 0.270 e. The molecule has 114 valence electrons. The topological polar surface area (TPSA) is 113 Å². The van der Waals surface area contributed by atoms with Crippen molar-refractivity contribution in [1.29, 1.82) is 0 Å². The van der Waals surface area contributed by atoms with Crippen molar-refractivity contribution in [2.24, 2.45) is 0 Å². The second-order valence-electron chi connectivity index (χ2n) is 2.11. The van der Waals surface area contributed by atoms with Gasteiger partial charge in [-0.2, -0.15) is 0 Å². The maximum absolute atomic E-state index is 10.3. The van der Waals surface area contributed by atoms with E-state index in [1.165, 1.54) is 12.1 Å². The van der Waals surface area contributed by atoms with Crippen molar-refractivity contribution in [2.75, 3.05) is 0 Å². The summed E-state index contributed by atoms with van der Waals surface area (Å²) in [6, 6.07) is 6.07. The quantitative estimate of drug-likeness (QED) is 0.235. The zero-order valence-corrected chi connectivity index (χ0v) is 13.3. The number of rotatable bonds is 2. The molecule has 0 aliphatic carbocycles. The van der Waals surface area contributed by atoms with Crippen LogP contribution >= 0.6 is 24.8 Å². The van der Waals surface area contributed by atoms with Crippen molar-refractivity contribution in [3.05, 3.63) is 79.4 Å². The van der Waals surface area contributed by atoms with Crippen molar-refractivity contribution in [2.45, 2.75) is 0 Å². The molecule has 0 aromatic heterocycles. The van der Waals surface area contributed by atoms with E-state index in [1.807, 2.05) is 0 Å². The van der Waals surface area contributed by atoms with Gasteiger partial charge in [0.05, 0.1) is 9.12 Å². The largest absolute Gasteiger partial charge is 0.344 e. The highest BCUT2D eigenvalue weighted by Gasteiger charge is 2.05. The lowest BCUT2D eigenvalue weighted by Crippen LogP contribution is -1.91. The molecule has 6 N–H and O–H groups in total. The summed E-state index contributed by atoms with van der Waals surface area (Å²) in [6.07, 6.45) is 0. The maximum atomic E-state index is 10.3. The van der Waals surface area contributed by atoms with Crippen LogP contribution in [0.4, 0.5) is 5.69 Å². The van der Waals surface area contributed by atoms with Gasteiger partial charge in [0.2, 0.25) is 0 Å². The molecule has 20 heavy (non-hydrogen) atoms. The summed E-state index contributed by atoms with van der Waals surface area (Å²) in [5, 5.41) is 10.3. The fourth-order valence-electron chi connectivity index (χ4n) is 0.753. The van der Waals surface area contributed by atoms with E-state index in [1.54, 1.807) is 12.1 Å². The minimum atomic E-state index is -0.463. The normalized spacial score (nSPS) is 6.25. The molecule has 5 nitrogen and oxygen atoms in total. The van der Waals surface area contributed by atoms with E-state index in [4.69, 9.17) is 12.2 Å². The molecule has 0 heterocycles. The Labute approximate surface area is 131 Å². The Morgan fingerprint density at radius 2 is 1.50 bits per heavy atom. The van der Waals surface area contributed by atoms with Crippen LogP contribution in [-0.2, 0) is 0 Å². The lowest BCUT2D eigenvalue weighted by molar-refractivity contribution is -0.384. The second kappa shape index (κ2) is 22.4. The summed E-state index contributed by atoms with van der Waals surface area (Å²) < 4.78 is 0.360. The average Bonchev–Trinajstić information content (AvgIpc) is 2.45. The van der Waals surface area contributed by atoms with Gasteiger partial charge in [-0.05, 0) is 0 Å². The Morgan fingerprint density at radius 1 is 1.10 bits per heavy atom. The Hall–Kier alpha value is -1.80. The van der Waals surface area contributed by atoms with Crippen LogP contribution in [0.5, 0.6) is 0 Å². The molecular formula is C13H23N3O2S2. The average molecular weight is 317 g/mol. The molecule has 7 heteroatoms. The standard InChI is InChI=1S/C7H5NO2S2.3C2H4.2H3N/c9-8(10)6-3-1-2-5(4-6)7(11)12;3*1-2;;/h1-4H,(H,11,12);3*1-2H2;2*1H3. The van der Waals surface area contributed by atoms with Crippen molar-refractivity contribution >= 4 is 34.7 Å². The van der Waals surface area contributed by atoms with Crippen LogP contribution in [0.2, 0.25) is 0 Å². The van der Waals surface area contributed by atoms with E-state index in [9.17, 15) is 10.1 Å². The van der Waals surface area contributed by atoms with Gasteiger partial charge in [-0.25, -0.2) is 0 Å². The zero-order valence-electron chi connectivity index (χ0n) is 11.6. The van der Waals surface area contributed by atoms with Gasteiger partial charge in [0, 0.05) is 17.7 Å². The van der Waals surface area contributed by atoms with E-state index in [0.29, 0.717) is 9.76 Å². The number of nitrogens with zero attached hydrogens (tertiary/aromatic N) is 1. The lowest BCUT2D eigenvalue weighted by Gasteiger charge is -1.95. The van der Waals surface area contributed by atoms with Gasteiger partial charge < -0.3 is 12.3 Å². The summed E-state index contributed by atoms with van der Waals surface area (Å²) in [6.45, 7) is 18.0. The Bertz CT molecular complexity index is 354. The van der Waals surface area contributed by atoms with Crippen LogP contribution in [0.1, 0.15) is 5.56 Å². The number of nitro groups is 1. The monoisotopic (exact) mass is 317 g/mol. The first-order valence-electron chi connectivity index (χ1n) is 4.59. The molecule has 0 spiro atoms. The lowest BCUT2D eigenvalue weighted by atomic mass is 10.2. The fourth-order valence-corrected chi connectivity index (χ4v) is 1.02. The minimum absolute atomic E-state index is 0. The van der Waals surface area contributed by atoms with E-state index >= 15 is 0 Å². The fraction of sp³-hybridized carbons (Fsp3) is 0. The summed E-state index contributed by atoms with van der Waals surface area (Å²) in [5.41, 5.74) is 0.631. The molecule has 1 rings (SSSR count). The van der Waals surface area contributed by atoms with Crippen molar-refractivity contribution in [3.63, 3.8) is 0 Å². The van der Waals surface area contributed by atoms with E-state index < -0.39 is 4.92 Å². The van der Waals surface area contributed by atoms with E-state index in [-0.39, 0.29) is 18.0 Å². The summed E-state index contributed by atoms with van der Waals surface area (Å²) in [5.74, 6) is 0. The Kier molecular flexibility index (Phi) is 34.6. The Morgan fingerprint density at radius 3 is 1.80 bits per heavy atom. The number of hydrogen-bond acceptors (Lipinski definition) is 5. The molecule has 0 aliphatic rings. The predicted molar refractivity (Wildman–Crippen MR) is 97.6 cm³/mol. The summed E-state index contributed by atoms with van der Waals surface area (Å²) in [4.78, 5) is 9.85. The predicted octanol–water partition coefficient (Wildman–Crippen LogP) is 4.93. The number of benzene rings is 1. The third-order valence-corrected chi connectivity index (χ3v) is 1.80. The number of thiocarbonyl (C=S) groups is 1. The highest BCUT2D eigenvalue weighted by molar-refractivity contribution is 8.11. The van der Waals surface area contributed by atoms with Gasteiger partial charge in [0.15, 0.2) is 0 Å². The van der Waals surface area contributed by atoms with E-state index in [2.05, 4.69) is 52.1 Å². The van der Waals surface area contributed by atoms with Crippen LogP contribution in [0.25, 0.3) is 0 Å². The number of thiol groups is 1. The highest BCUT2D eigenvalue weighted by Crippen LogP contribution is 2.14. The number of nitro benzene ring substituents is 1. The highest BCUT2D eigenvalue weighted by atomic mass is 32.1. The third kappa shape index (κ3) is 14.3. The molecule has 0 amide bonds. The molecule has 0 aliphatic heterocycles. The Balaban J connectivity index is -0.0000000833. The third-order valence-electron chi connectivity index (χ3n) is 1.30. The van der Waals surface area contributed by atoms with Gasteiger partial charge in [-0.15, -0.1) is 52.1 Å². The van der Waals surface area contributed by atoms with Crippen molar-refractivity contribution < 1.29 is 4.92 Å². The first kappa shape index (κ1) is 30.9. The van der Waals surface area contributed by atoms with Gasteiger partial charge in [0.1, 0.15) is 0 Å². The van der Waals surface area contributed by atoms with Gasteiger partial charge >= 0.3 is 0 Å². The van der Waals surface area contributed by atoms with Crippen LogP contribution in [0.15, 0.2) is 63.7 Å². The molecule has 1 aromatic carbocycles. The molecule has 0 bridgehead atoms. The molecular weight excluding hydrogens is 294 g/mol. The van der Waals surface area contributed by atoms with Gasteiger partial charge in [0.25, 0.3) is 5.69 Å². The minimum Gasteiger partial charge on any atom is -0.344 e. The zero-order chi connectivity index (χ0) is 15.1. The van der Waals surface area contributed by atoms with Gasteiger partial charge in [-0.1, -0.05) is 24.4 Å². The SMILES string of the molecule is C=C.C=C.C=C.N.N.O=[N+]([O-])c1cccc(C(=S)S)c1. The van der Waals surface area contributed by atoms with Gasteiger partial charge in [-0.3, -0.25) is 10.1 Å². The first-order chi connectivity index (χ1) is 8.61. The number of non-ortho nitro benzene ring substituents is 1. The molecule has 1 aromatic rings. The molecule has 0 unspecified atom stereocenters. The number of hydrogen-bond donors (Lipinski definition) is 3. The first-order valence-corrected chi connectivity index (χ1v) is 5.44. The van der Waals surface area contributed by atoms with Crippen molar-refractivity contribution in [1.82, 2.24) is 12.3 Å². The summed E-state index contributed by atoms with van der Waals surface area (Å²) >= 11 is 8.66. The molecule has 0 radical (unpaired) electrons. The smallest absolute Gasteiger partial charge is 0.270 e. The van der Waals surface area contributed by atoms with Crippen LogP contribution < -0.4 is 12.3 Å². The van der Waals surface area contributed by atoms with E-state index in [0.717, 1.165) is 0 Å². The molecule has 0 fully saturated rings. The molecule has 0 atom stereocenters. The van der Waals surface area contributed by atoms with Crippen LogP contribution in [0.3, 0.4) is 0 Å².